The molecule has 0 aliphatic rings. The second kappa shape index (κ2) is 5.29. The van der Waals surface area contributed by atoms with Gasteiger partial charge in [-0.3, -0.25) is 4.57 Å². The highest BCUT2D eigenvalue weighted by atomic mass is 16.2. The van der Waals surface area contributed by atoms with E-state index < -0.39 is 0 Å². The summed E-state index contributed by atoms with van der Waals surface area (Å²) < 4.78 is 1.74. The summed E-state index contributed by atoms with van der Waals surface area (Å²) in [5, 5.41) is 5.15. The van der Waals surface area contributed by atoms with E-state index in [1.807, 2.05) is 79.7 Å². The minimum absolute atomic E-state index is 0.147. The fourth-order valence-electron chi connectivity index (χ4n) is 2.96. The molecule has 1 amide bonds. The Morgan fingerprint density at radius 1 is 0.783 bits per heavy atom. The maximum absolute atomic E-state index is 12.8. The SMILES string of the molecule is Cc1ccc(NC(=O)n2c3ccccc3c3ccccc32)cc1. The maximum Gasteiger partial charge on any atom is 0.330 e. The summed E-state index contributed by atoms with van der Waals surface area (Å²) in [6.45, 7) is 2.03. The molecule has 0 saturated heterocycles. The van der Waals surface area contributed by atoms with Crippen LogP contribution in [0.1, 0.15) is 5.56 Å². The maximum atomic E-state index is 12.8. The number of aryl methyl sites for hydroxylation is 1. The molecule has 3 aromatic carbocycles. The Morgan fingerprint density at radius 2 is 1.30 bits per heavy atom. The van der Waals surface area contributed by atoms with Crippen molar-refractivity contribution >= 4 is 33.5 Å². The van der Waals surface area contributed by atoms with Crippen LogP contribution in [0.2, 0.25) is 0 Å². The Hall–Kier alpha value is -3.07. The van der Waals surface area contributed by atoms with Gasteiger partial charge in [-0.2, -0.15) is 0 Å². The van der Waals surface area contributed by atoms with Crippen LogP contribution >= 0.6 is 0 Å². The smallest absolute Gasteiger partial charge is 0.307 e. The molecule has 0 aliphatic heterocycles. The van der Waals surface area contributed by atoms with Crippen LogP contribution in [0.4, 0.5) is 10.5 Å². The average Bonchev–Trinajstić information content (AvgIpc) is 2.91. The van der Waals surface area contributed by atoms with Crippen LogP contribution in [0.25, 0.3) is 21.8 Å². The van der Waals surface area contributed by atoms with Gasteiger partial charge in [0.05, 0.1) is 11.0 Å². The molecule has 1 aromatic heterocycles. The number of carbonyl (C=O) groups is 1. The number of carbonyl (C=O) groups excluding carboxylic acids is 1. The van der Waals surface area contributed by atoms with Crippen molar-refractivity contribution in [3.63, 3.8) is 0 Å². The third kappa shape index (κ3) is 2.27. The minimum atomic E-state index is -0.147. The first-order valence-corrected chi connectivity index (χ1v) is 7.60. The molecule has 0 fully saturated rings. The molecule has 0 radical (unpaired) electrons. The van der Waals surface area contributed by atoms with Crippen LogP contribution in [0.3, 0.4) is 0 Å². The summed E-state index contributed by atoms with van der Waals surface area (Å²) in [5.41, 5.74) is 3.79. The number of nitrogens with one attached hydrogen (secondary N) is 1. The van der Waals surface area contributed by atoms with Gasteiger partial charge in [0.2, 0.25) is 0 Å². The first kappa shape index (κ1) is 13.6. The Morgan fingerprint density at radius 3 is 1.87 bits per heavy atom. The fourth-order valence-corrected chi connectivity index (χ4v) is 2.96. The lowest BCUT2D eigenvalue weighted by Crippen LogP contribution is -2.19. The highest BCUT2D eigenvalue weighted by molar-refractivity contribution is 6.14. The Labute approximate surface area is 134 Å². The molecule has 0 atom stereocenters. The minimum Gasteiger partial charge on any atom is -0.307 e. The molecule has 1 heterocycles. The second-order valence-electron chi connectivity index (χ2n) is 5.67. The molecule has 3 nitrogen and oxygen atoms in total. The highest BCUT2D eigenvalue weighted by Crippen LogP contribution is 2.28. The van der Waals surface area contributed by atoms with E-state index in [4.69, 9.17) is 0 Å². The summed E-state index contributed by atoms with van der Waals surface area (Å²) in [6.07, 6.45) is 0. The number of anilines is 1. The lowest BCUT2D eigenvalue weighted by atomic mass is 10.2. The Kier molecular flexibility index (Phi) is 3.12. The van der Waals surface area contributed by atoms with Gasteiger partial charge in [-0.05, 0) is 31.2 Å². The summed E-state index contributed by atoms with van der Waals surface area (Å²) in [5.74, 6) is 0. The van der Waals surface area contributed by atoms with Gasteiger partial charge < -0.3 is 5.32 Å². The molecule has 1 N–H and O–H groups in total. The van der Waals surface area contributed by atoms with Crippen molar-refractivity contribution in [3.05, 3.63) is 78.4 Å². The Bertz CT molecular complexity index is 960. The van der Waals surface area contributed by atoms with Gasteiger partial charge in [0.25, 0.3) is 0 Å². The quantitative estimate of drug-likeness (QED) is 0.516. The second-order valence-corrected chi connectivity index (χ2v) is 5.67. The highest BCUT2D eigenvalue weighted by Gasteiger charge is 2.15. The summed E-state index contributed by atoms with van der Waals surface area (Å²) in [4.78, 5) is 12.8. The monoisotopic (exact) mass is 300 g/mol. The van der Waals surface area contributed by atoms with Crippen LogP contribution in [0, 0.1) is 6.92 Å². The number of amides is 1. The largest absolute Gasteiger partial charge is 0.330 e. The zero-order chi connectivity index (χ0) is 15.8. The predicted molar refractivity (Wildman–Crippen MR) is 95.0 cm³/mol. The molecule has 0 aliphatic carbocycles. The van der Waals surface area contributed by atoms with Crippen molar-refractivity contribution in [2.24, 2.45) is 0 Å². The molecule has 4 rings (SSSR count). The molecule has 0 bridgehead atoms. The van der Waals surface area contributed by atoms with E-state index in [-0.39, 0.29) is 6.03 Å². The first-order chi connectivity index (χ1) is 11.2. The van der Waals surface area contributed by atoms with Gasteiger partial charge in [-0.15, -0.1) is 0 Å². The van der Waals surface area contributed by atoms with Crippen molar-refractivity contribution < 1.29 is 4.79 Å². The Balaban J connectivity index is 1.86. The number of rotatable bonds is 1. The third-order valence-corrected chi connectivity index (χ3v) is 4.09. The van der Waals surface area contributed by atoms with E-state index >= 15 is 0 Å². The summed E-state index contributed by atoms with van der Waals surface area (Å²) >= 11 is 0. The average molecular weight is 300 g/mol. The van der Waals surface area contributed by atoms with E-state index in [9.17, 15) is 4.79 Å². The van der Waals surface area contributed by atoms with Gasteiger partial charge in [0.1, 0.15) is 0 Å². The van der Waals surface area contributed by atoms with E-state index in [1.54, 1.807) is 4.57 Å². The topological polar surface area (TPSA) is 34.0 Å². The standard InChI is InChI=1S/C20H16N2O/c1-14-10-12-15(13-11-14)21-20(23)22-18-8-4-2-6-16(18)17-7-3-5-9-19(17)22/h2-13H,1H3,(H,21,23). The first-order valence-electron chi connectivity index (χ1n) is 7.60. The van der Waals surface area contributed by atoms with Crippen molar-refractivity contribution in [2.45, 2.75) is 6.92 Å². The van der Waals surface area contributed by atoms with Crippen LogP contribution in [-0.4, -0.2) is 10.6 Å². The predicted octanol–water partition coefficient (Wildman–Crippen LogP) is 5.18. The molecular formula is C20H16N2O. The van der Waals surface area contributed by atoms with Crippen LogP contribution in [0.5, 0.6) is 0 Å². The third-order valence-electron chi connectivity index (χ3n) is 4.09. The summed E-state index contributed by atoms with van der Waals surface area (Å²) in [6, 6.07) is 23.6. The van der Waals surface area contributed by atoms with Crippen molar-refractivity contribution in [3.8, 4) is 0 Å². The van der Waals surface area contributed by atoms with Crippen molar-refractivity contribution in [1.82, 2.24) is 4.57 Å². The molecule has 4 aromatic rings. The van der Waals surface area contributed by atoms with Gasteiger partial charge in [0, 0.05) is 16.5 Å². The lowest BCUT2D eigenvalue weighted by Gasteiger charge is -2.09. The molecular weight excluding hydrogens is 284 g/mol. The molecule has 112 valence electrons. The molecule has 3 heteroatoms. The number of benzene rings is 3. The van der Waals surface area contributed by atoms with Crippen LogP contribution in [-0.2, 0) is 0 Å². The number of nitrogens with zero attached hydrogens (tertiary/aromatic N) is 1. The van der Waals surface area contributed by atoms with Crippen molar-refractivity contribution in [2.75, 3.05) is 5.32 Å². The van der Waals surface area contributed by atoms with E-state index in [1.165, 1.54) is 5.56 Å². The van der Waals surface area contributed by atoms with E-state index in [2.05, 4.69) is 5.32 Å². The van der Waals surface area contributed by atoms with Gasteiger partial charge in [-0.1, -0.05) is 54.1 Å². The molecule has 0 spiro atoms. The van der Waals surface area contributed by atoms with Gasteiger partial charge >= 0.3 is 6.03 Å². The van der Waals surface area contributed by atoms with Crippen LogP contribution in [0.15, 0.2) is 72.8 Å². The zero-order valence-electron chi connectivity index (χ0n) is 12.8. The van der Waals surface area contributed by atoms with Gasteiger partial charge in [-0.25, -0.2) is 4.79 Å². The van der Waals surface area contributed by atoms with E-state index in [0.717, 1.165) is 27.5 Å². The van der Waals surface area contributed by atoms with E-state index in [0.29, 0.717) is 0 Å². The fraction of sp³-hybridized carbons (Fsp3) is 0.0500. The molecule has 23 heavy (non-hydrogen) atoms. The normalized spacial score (nSPS) is 11.0. The number of aromatic nitrogens is 1. The number of para-hydroxylation sites is 2. The zero-order valence-corrected chi connectivity index (χ0v) is 12.8. The number of hydrogen-bond acceptors (Lipinski definition) is 1. The lowest BCUT2D eigenvalue weighted by molar-refractivity contribution is 0.255. The molecule has 0 unspecified atom stereocenters. The van der Waals surface area contributed by atoms with Gasteiger partial charge in [0.15, 0.2) is 0 Å². The van der Waals surface area contributed by atoms with Crippen LogP contribution < -0.4 is 5.32 Å². The van der Waals surface area contributed by atoms with Crippen molar-refractivity contribution in [1.29, 1.82) is 0 Å². The number of fused-ring (bicyclic) bond motifs is 3. The number of hydrogen-bond donors (Lipinski definition) is 1. The molecule has 0 saturated carbocycles. The summed E-state index contributed by atoms with van der Waals surface area (Å²) in [7, 11) is 0.